The summed E-state index contributed by atoms with van der Waals surface area (Å²) in [4.78, 5) is 5.11. The van der Waals surface area contributed by atoms with Crippen molar-refractivity contribution in [3.63, 3.8) is 0 Å². The van der Waals surface area contributed by atoms with Gasteiger partial charge in [-0.3, -0.25) is 4.90 Å². The van der Waals surface area contributed by atoms with Gasteiger partial charge in [-0.15, -0.1) is 0 Å². The van der Waals surface area contributed by atoms with Crippen molar-refractivity contribution in [1.29, 1.82) is 0 Å². The molecule has 0 saturated carbocycles. The Morgan fingerprint density at radius 2 is 2.12 bits per heavy atom. The van der Waals surface area contributed by atoms with Gasteiger partial charge in [-0.1, -0.05) is 13.8 Å². The van der Waals surface area contributed by atoms with Crippen LogP contribution in [0.4, 0.5) is 0 Å². The lowest BCUT2D eigenvalue weighted by Gasteiger charge is -2.26. The normalized spacial score (nSPS) is 23.5. The van der Waals surface area contributed by atoms with E-state index in [1.807, 2.05) is 0 Å². The lowest BCUT2D eigenvalue weighted by molar-refractivity contribution is 0.0912. The van der Waals surface area contributed by atoms with Crippen molar-refractivity contribution in [2.75, 3.05) is 46.4 Å². The molecular weight excluding hydrogens is 214 g/mol. The molecule has 2 unspecified atom stereocenters. The molecule has 1 fully saturated rings. The fraction of sp³-hybridized carbons (Fsp3) is 1.00. The van der Waals surface area contributed by atoms with E-state index in [2.05, 4.69) is 23.6 Å². The van der Waals surface area contributed by atoms with E-state index in [-0.39, 0.29) is 6.10 Å². The first-order valence-electron chi connectivity index (χ1n) is 6.94. The summed E-state index contributed by atoms with van der Waals surface area (Å²) in [5.74, 6) is 0. The van der Waals surface area contributed by atoms with Gasteiger partial charge >= 0.3 is 0 Å². The Hall–Kier alpha value is -0.160. The summed E-state index contributed by atoms with van der Waals surface area (Å²) in [6.07, 6.45) is 2.59. The monoisotopic (exact) mass is 243 g/mol. The van der Waals surface area contributed by atoms with E-state index in [1.165, 1.54) is 32.6 Å². The molecule has 102 valence electrons. The van der Waals surface area contributed by atoms with E-state index >= 15 is 0 Å². The van der Waals surface area contributed by atoms with Crippen LogP contribution < -0.4 is 5.73 Å². The number of methoxy groups -OCH3 is 1. The minimum atomic E-state index is 0.225. The van der Waals surface area contributed by atoms with Gasteiger partial charge in [-0.2, -0.15) is 0 Å². The lowest BCUT2D eigenvalue weighted by Crippen LogP contribution is -2.38. The van der Waals surface area contributed by atoms with Crippen molar-refractivity contribution in [3.05, 3.63) is 0 Å². The number of nitrogens with zero attached hydrogens (tertiary/aromatic N) is 2. The van der Waals surface area contributed by atoms with Crippen LogP contribution in [0.3, 0.4) is 0 Å². The predicted octanol–water partition coefficient (Wildman–Crippen LogP) is 0.766. The molecule has 0 amide bonds. The van der Waals surface area contributed by atoms with Crippen molar-refractivity contribution < 1.29 is 4.74 Å². The van der Waals surface area contributed by atoms with Crippen LogP contribution in [0.1, 0.15) is 26.7 Å². The Morgan fingerprint density at radius 1 is 1.41 bits per heavy atom. The molecule has 17 heavy (non-hydrogen) atoms. The first-order chi connectivity index (χ1) is 8.24. The van der Waals surface area contributed by atoms with Crippen molar-refractivity contribution >= 4 is 0 Å². The molecule has 1 saturated heterocycles. The minimum Gasteiger partial charge on any atom is -0.380 e. The van der Waals surface area contributed by atoms with Crippen LogP contribution >= 0.6 is 0 Å². The number of nitrogens with two attached hydrogens (primary N) is 1. The third-order valence-electron chi connectivity index (χ3n) is 3.94. The smallest absolute Gasteiger partial charge is 0.0705 e. The number of ether oxygens (including phenoxy) is 1. The molecule has 1 rings (SSSR count). The highest BCUT2D eigenvalue weighted by Gasteiger charge is 2.26. The first kappa shape index (κ1) is 14.9. The SMILES string of the molecule is CCN(CC)C1CCN(CCC(CN)OC)C1. The van der Waals surface area contributed by atoms with Gasteiger partial charge in [0, 0.05) is 32.8 Å². The number of hydrogen-bond donors (Lipinski definition) is 1. The van der Waals surface area contributed by atoms with Crippen LogP contribution in [0, 0.1) is 0 Å². The predicted molar refractivity (Wildman–Crippen MR) is 72.2 cm³/mol. The van der Waals surface area contributed by atoms with E-state index in [9.17, 15) is 0 Å². The number of likely N-dealkylation sites (tertiary alicyclic amines) is 1. The Kier molecular flexibility index (Phi) is 7.04. The van der Waals surface area contributed by atoms with E-state index in [0.717, 1.165) is 19.0 Å². The van der Waals surface area contributed by atoms with Gasteiger partial charge in [0.15, 0.2) is 0 Å². The average molecular weight is 243 g/mol. The summed E-state index contributed by atoms with van der Waals surface area (Å²) in [5.41, 5.74) is 5.63. The molecule has 0 aromatic rings. The summed E-state index contributed by atoms with van der Waals surface area (Å²) in [6, 6.07) is 0.754. The molecule has 0 spiro atoms. The zero-order chi connectivity index (χ0) is 12.7. The molecule has 0 aliphatic carbocycles. The first-order valence-corrected chi connectivity index (χ1v) is 6.94. The molecule has 4 nitrogen and oxygen atoms in total. The van der Waals surface area contributed by atoms with E-state index in [4.69, 9.17) is 10.5 Å². The topological polar surface area (TPSA) is 41.7 Å². The summed E-state index contributed by atoms with van der Waals surface area (Å²) in [7, 11) is 1.75. The Bertz CT molecular complexity index is 193. The van der Waals surface area contributed by atoms with Crippen molar-refractivity contribution in [1.82, 2.24) is 9.80 Å². The largest absolute Gasteiger partial charge is 0.380 e. The Morgan fingerprint density at radius 3 is 2.65 bits per heavy atom. The molecule has 1 heterocycles. The second-order valence-electron chi connectivity index (χ2n) is 4.85. The van der Waals surface area contributed by atoms with Gasteiger partial charge in [-0.05, 0) is 32.5 Å². The third kappa shape index (κ3) is 4.54. The number of hydrogen-bond acceptors (Lipinski definition) is 4. The maximum atomic E-state index is 5.63. The highest BCUT2D eigenvalue weighted by molar-refractivity contribution is 4.83. The highest BCUT2D eigenvalue weighted by Crippen LogP contribution is 2.16. The second kappa shape index (κ2) is 8.03. The van der Waals surface area contributed by atoms with Crippen molar-refractivity contribution in [2.45, 2.75) is 38.8 Å². The fourth-order valence-electron chi connectivity index (χ4n) is 2.71. The molecule has 4 heteroatoms. The third-order valence-corrected chi connectivity index (χ3v) is 3.94. The van der Waals surface area contributed by atoms with E-state index < -0.39 is 0 Å². The summed E-state index contributed by atoms with van der Waals surface area (Å²) in [5, 5.41) is 0. The average Bonchev–Trinajstić information content (AvgIpc) is 2.81. The molecule has 1 aliphatic heterocycles. The van der Waals surface area contributed by atoms with Crippen LogP contribution in [0.15, 0.2) is 0 Å². The van der Waals surface area contributed by atoms with E-state index in [0.29, 0.717) is 6.54 Å². The van der Waals surface area contributed by atoms with Gasteiger partial charge in [-0.25, -0.2) is 0 Å². The van der Waals surface area contributed by atoms with Crippen molar-refractivity contribution in [2.24, 2.45) is 5.73 Å². The summed E-state index contributed by atoms with van der Waals surface area (Å²) in [6.45, 7) is 11.0. The van der Waals surface area contributed by atoms with Crippen LogP contribution in [0.2, 0.25) is 0 Å². The number of likely N-dealkylation sites (N-methyl/N-ethyl adjacent to an activating group) is 1. The number of rotatable bonds is 8. The van der Waals surface area contributed by atoms with Crippen LogP contribution in [-0.2, 0) is 4.74 Å². The van der Waals surface area contributed by atoms with Gasteiger partial charge < -0.3 is 15.4 Å². The van der Waals surface area contributed by atoms with E-state index in [1.54, 1.807) is 7.11 Å². The van der Waals surface area contributed by atoms with Gasteiger partial charge in [0.2, 0.25) is 0 Å². The van der Waals surface area contributed by atoms with Crippen LogP contribution in [0.25, 0.3) is 0 Å². The lowest BCUT2D eigenvalue weighted by atomic mass is 10.2. The Balaban J connectivity index is 2.25. The molecular formula is C13H29N3O. The van der Waals surface area contributed by atoms with Gasteiger partial charge in [0.25, 0.3) is 0 Å². The summed E-state index contributed by atoms with van der Waals surface area (Å²) >= 11 is 0. The quantitative estimate of drug-likeness (QED) is 0.683. The standard InChI is InChI=1S/C13H29N3O/c1-4-16(5-2)12-6-8-15(11-12)9-7-13(10-14)17-3/h12-13H,4-11,14H2,1-3H3. The molecule has 0 bridgehead atoms. The zero-order valence-electron chi connectivity index (χ0n) is 11.7. The molecule has 0 aromatic carbocycles. The van der Waals surface area contributed by atoms with Crippen LogP contribution in [-0.4, -0.2) is 68.3 Å². The molecule has 0 radical (unpaired) electrons. The van der Waals surface area contributed by atoms with Gasteiger partial charge in [0.05, 0.1) is 6.10 Å². The highest BCUT2D eigenvalue weighted by atomic mass is 16.5. The second-order valence-corrected chi connectivity index (χ2v) is 4.85. The van der Waals surface area contributed by atoms with Crippen molar-refractivity contribution in [3.8, 4) is 0 Å². The molecule has 0 aromatic heterocycles. The molecule has 2 N–H and O–H groups in total. The fourth-order valence-corrected chi connectivity index (χ4v) is 2.71. The van der Waals surface area contributed by atoms with Gasteiger partial charge in [0.1, 0.15) is 0 Å². The van der Waals surface area contributed by atoms with Crippen LogP contribution in [0.5, 0.6) is 0 Å². The zero-order valence-corrected chi connectivity index (χ0v) is 11.7. The maximum absolute atomic E-state index is 5.63. The minimum absolute atomic E-state index is 0.225. The summed E-state index contributed by atoms with van der Waals surface area (Å²) < 4.78 is 5.31. The molecule has 2 atom stereocenters. The molecule has 1 aliphatic rings. The Labute approximate surface area is 106 Å². The maximum Gasteiger partial charge on any atom is 0.0705 e.